The van der Waals surface area contributed by atoms with Gasteiger partial charge in [0.05, 0.1) is 5.56 Å². The third-order valence-corrected chi connectivity index (χ3v) is 3.20. The van der Waals surface area contributed by atoms with Crippen LogP contribution in [-0.2, 0) is 9.53 Å². The second-order valence-electron chi connectivity index (χ2n) is 4.41. The summed E-state index contributed by atoms with van der Waals surface area (Å²) in [5.74, 6) is -1.10. The van der Waals surface area contributed by atoms with E-state index in [4.69, 9.17) is 27.9 Å². The van der Waals surface area contributed by atoms with Gasteiger partial charge in [-0.3, -0.25) is 4.79 Å². The maximum Gasteiger partial charge on any atom is 0.340 e. The van der Waals surface area contributed by atoms with E-state index in [1.54, 1.807) is 24.3 Å². The summed E-state index contributed by atoms with van der Waals surface area (Å²) in [6.07, 6.45) is 0.327. The highest BCUT2D eigenvalue weighted by molar-refractivity contribution is 6.30. The lowest BCUT2D eigenvalue weighted by atomic mass is 10.2. The van der Waals surface area contributed by atoms with Crippen molar-refractivity contribution in [2.24, 2.45) is 0 Å². The molecule has 1 aromatic carbocycles. The van der Waals surface area contributed by atoms with E-state index in [1.165, 1.54) is 25.3 Å². The summed E-state index contributed by atoms with van der Waals surface area (Å²) in [7, 11) is 0. The van der Waals surface area contributed by atoms with Crippen LogP contribution in [0, 0.1) is 0 Å². The summed E-state index contributed by atoms with van der Waals surface area (Å²) < 4.78 is 5.07. The van der Waals surface area contributed by atoms with Crippen molar-refractivity contribution in [3.05, 3.63) is 58.3 Å². The number of carbonyl (C=O) groups is 2. The zero-order chi connectivity index (χ0) is 16.1. The van der Waals surface area contributed by atoms with Crippen LogP contribution in [0.1, 0.15) is 17.3 Å². The molecule has 2 rings (SSSR count). The monoisotopic (exact) mass is 338 g/mol. The number of anilines is 1. The molecule has 1 heterocycles. The van der Waals surface area contributed by atoms with Crippen LogP contribution >= 0.6 is 23.2 Å². The quantitative estimate of drug-likeness (QED) is 0.683. The van der Waals surface area contributed by atoms with E-state index in [2.05, 4.69) is 10.3 Å². The number of carbonyl (C=O) groups excluding carboxylic acids is 2. The van der Waals surface area contributed by atoms with Crippen LogP contribution in [0.5, 0.6) is 0 Å². The highest BCUT2D eigenvalue weighted by atomic mass is 35.5. The number of nitrogens with one attached hydrogen (secondary N) is 1. The molecule has 0 radical (unpaired) electrons. The fourth-order valence-electron chi connectivity index (χ4n) is 1.56. The minimum atomic E-state index is -0.959. The number of ether oxygens (including phenoxy) is 1. The fourth-order valence-corrected chi connectivity index (χ4v) is 1.79. The fraction of sp³-hybridized carbons (Fsp3) is 0.133. The zero-order valence-corrected chi connectivity index (χ0v) is 13.1. The van der Waals surface area contributed by atoms with E-state index >= 15 is 0 Å². The molecule has 0 bridgehead atoms. The molecule has 0 aliphatic rings. The molecule has 0 spiro atoms. The molecule has 22 heavy (non-hydrogen) atoms. The summed E-state index contributed by atoms with van der Waals surface area (Å²) in [6.45, 7) is 1.48. The number of pyridine rings is 1. The second kappa shape index (κ2) is 7.24. The molecule has 0 aliphatic carbocycles. The summed E-state index contributed by atoms with van der Waals surface area (Å²) in [6, 6.07) is 9.54. The lowest BCUT2D eigenvalue weighted by Gasteiger charge is -2.13. The number of halogens is 2. The normalized spacial score (nSPS) is 11.6. The Morgan fingerprint density at radius 3 is 2.41 bits per heavy atom. The molecule has 0 aliphatic heterocycles. The molecule has 114 valence electrons. The van der Waals surface area contributed by atoms with Crippen LogP contribution in [0.2, 0.25) is 10.2 Å². The predicted octanol–water partition coefficient (Wildman–Crippen LogP) is 3.57. The molecular weight excluding hydrogens is 327 g/mol. The number of aromatic nitrogens is 1. The Morgan fingerprint density at radius 1 is 1.14 bits per heavy atom. The van der Waals surface area contributed by atoms with Crippen molar-refractivity contribution in [3.63, 3.8) is 0 Å². The van der Waals surface area contributed by atoms with Crippen molar-refractivity contribution in [2.75, 3.05) is 5.32 Å². The van der Waals surface area contributed by atoms with E-state index in [0.717, 1.165) is 0 Å². The third-order valence-electron chi connectivity index (χ3n) is 2.73. The van der Waals surface area contributed by atoms with Crippen LogP contribution in [0.3, 0.4) is 0 Å². The van der Waals surface area contributed by atoms with Crippen molar-refractivity contribution >= 4 is 40.8 Å². The minimum Gasteiger partial charge on any atom is -0.449 e. The Bertz CT molecular complexity index is 672. The maximum absolute atomic E-state index is 12.0. The summed E-state index contributed by atoms with van der Waals surface area (Å²) in [5.41, 5.74) is 0.779. The lowest BCUT2D eigenvalue weighted by Crippen LogP contribution is -2.30. The Balaban J connectivity index is 1.94. The van der Waals surface area contributed by atoms with Crippen LogP contribution in [-0.4, -0.2) is 23.0 Å². The van der Waals surface area contributed by atoms with E-state index in [9.17, 15) is 9.59 Å². The van der Waals surface area contributed by atoms with Crippen LogP contribution in [0.15, 0.2) is 42.6 Å². The van der Waals surface area contributed by atoms with Gasteiger partial charge in [0.15, 0.2) is 6.10 Å². The van der Waals surface area contributed by atoms with Gasteiger partial charge >= 0.3 is 5.97 Å². The summed E-state index contributed by atoms with van der Waals surface area (Å²) in [4.78, 5) is 27.6. The first-order valence-electron chi connectivity index (χ1n) is 6.34. The van der Waals surface area contributed by atoms with Crippen molar-refractivity contribution in [1.82, 2.24) is 4.98 Å². The first-order chi connectivity index (χ1) is 10.5. The van der Waals surface area contributed by atoms with Gasteiger partial charge in [-0.1, -0.05) is 23.2 Å². The van der Waals surface area contributed by atoms with Gasteiger partial charge in [-0.2, -0.15) is 0 Å². The molecule has 1 aromatic heterocycles. The van der Waals surface area contributed by atoms with E-state index in [0.29, 0.717) is 10.7 Å². The number of benzene rings is 1. The molecule has 0 unspecified atom stereocenters. The topological polar surface area (TPSA) is 68.3 Å². The number of amides is 1. The van der Waals surface area contributed by atoms with Crippen LogP contribution in [0.4, 0.5) is 5.69 Å². The van der Waals surface area contributed by atoms with Crippen molar-refractivity contribution < 1.29 is 14.3 Å². The van der Waals surface area contributed by atoms with Crippen molar-refractivity contribution in [3.8, 4) is 0 Å². The first kappa shape index (κ1) is 16.3. The highest BCUT2D eigenvalue weighted by Gasteiger charge is 2.19. The molecule has 7 heteroatoms. The Labute approximate surface area is 137 Å². The van der Waals surface area contributed by atoms with Crippen molar-refractivity contribution in [2.45, 2.75) is 13.0 Å². The third kappa shape index (κ3) is 4.44. The van der Waals surface area contributed by atoms with E-state index in [-0.39, 0.29) is 10.7 Å². The SMILES string of the molecule is C[C@@H](OC(=O)c1ccc(Cl)nc1)C(=O)Nc1ccc(Cl)cc1. The van der Waals surface area contributed by atoms with Crippen LogP contribution in [0.25, 0.3) is 0 Å². The average molecular weight is 339 g/mol. The van der Waals surface area contributed by atoms with Gasteiger partial charge in [0.25, 0.3) is 5.91 Å². The van der Waals surface area contributed by atoms with Crippen molar-refractivity contribution in [1.29, 1.82) is 0 Å². The van der Waals surface area contributed by atoms with Gasteiger partial charge < -0.3 is 10.1 Å². The van der Waals surface area contributed by atoms with Gasteiger partial charge in [0.2, 0.25) is 0 Å². The highest BCUT2D eigenvalue weighted by Crippen LogP contribution is 2.14. The molecular formula is C15H12Cl2N2O3. The first-order valence-corrected chi connectivity index (χ1v) is 7.10. The summed E-state index contributed by atoms with van der Waals surface area (Å²) in [5, 5.41) is 3.45. The van der Waals surface area contributed by atoms with Crippen LogP contribution < -0.4 is 5.32 Å². The molecule has 0 fully saturated rings. The lowest BCUT2D eigenvalue weighted by molar-refractivity contribution is -0.123. The average Bonchev–Trinajstić information content (AvgIpc) is 2.50. The van der Waals surface area contributed by atoms with Gasteiger partial charge in [0, 0.05) is 16.9 Å². The van der Waals surface area contributed by atoms with Gasteiger partial charge in [-0.25, -0.2) is 9.78 Å². The standard InChI is InChI=1S/C15H12Cl2N2O3/c1-9(14(20)19-12-5-3-11(16)4-6-12)22-15(21)10-2-7-13(17)18-8-10/h2-9H,1H3,(H,19,20)/t9-/m1/s1. The number of esters is 1. The molecule has 2 aromatic rings. The molecule has 0 saturated carbocycles. The Kier molecular flexibility index (Phi) is 5.35. The number of hydrogen-bond acceptors (Lipinski definition) is 4. The van der Waals surface area contributed by atoms with E-state index < -0.39 is 18.0 Å². The Morgan fingerprint density at radius 2 is 1.82 bits per heavy atom. The van der Waals surface area contributed by atoms with Gasteiger partial charge in [0.1, 0.15) is 5.15 Å². The predicted molar refractivity (Wildman–Crippen MR) is 84.2 cm³/mol. The second-order valence-corrected chi connectivity index (χ2v) is 5.24. The molecule has 1 N–H and O–H groups in total. The smallest absolute Gasteiger partial charge is 0.340 e. The number of nitrogens with zero attached hydrogens (tertiary/aromatic N) is 1. The maximum atomic E-state index is 12.0. The molecule has 1 atom stereocenters. The molecule has 0 saturated heterocycles. The van der Waals surface area contributed by atoms with Gasteiger partial charge in [-0.05, 0) is 43.3 Å². The van der Waals surface area contributed by atoms with E-state index in [1.807, 2.05) is 0 Å². The molecule has 5 nitrogen and oxygen atoms in total. The Hall–Kier alpha value is -2.11. The number of rotatable bonds is 4. The number of hydrogen-bond donors (Lipinski definition) is 1. The summed E-state index contributed by atoms with van der Waals surface area (Å²) >= 11 is 11.4. The molecule has 1 amide bonds. The largest absolute Gasteiger partial charge is 0.449 e. The minimum absolute atomic E-state index is 0.218. The zero-order valence-electron chi connectivity index (χ0n) is 11.5. The van der Waals surface area contributed by atoms with Gasteiger partial charge in [-0.15, -0.1) is 0 Å².